The van der Waals surface area contributed by atoms with Crippen LogP contribution >= 0.6 is 0 Å². The van der Waals surface area contributed by atoms with Crippen molar-refractivity contribution in [1.29, 1.82) is 0 Å². The third kappa shape index (κ3) is 9.69. The van der Waals surface area contributed by atoms with Crippen molar-refractivity contribution in [1.82, 2.24) is 0 Å². The van der Waals surface area contributed by atoms with Crippen molar-refractivity contribution in [2.45, 2.75) is 16.2 Å². The molecule has 1 spiro atoms. The summed E-state index contributed by atoms with van der Waals surface area (Å²) in [5, 5.41) is 0. The van der Waals surface area contributed by atoms with E-state index in [0.29, 0.717) is 0 Å². The number of hydrogen-bond donors (Lipinski definition) is 0. The maximum atomic E-state index is 2.61. The van der Waals surface area contributed by atoms with Crippen LogP contribution in [0.15, 0.2) is 437 Å². The van der Waals surface area contributed by atoms with Gasteiger partial charge in [-0.1, -0.05) is 291 Å². The van der Waals surface area contributed by atoms with Crippen LogP contribution in [-0.2, 0) is 16.2 Å². The molecule has 0 fully saturated rings. The van der Waals surface area contributed by atoms with E-state index in [9.17, 15) is 0 Å². The van der Waals surface area contributed by atoms with Crippen LogP contribution in [-0.4, -0.2) is 0 Å². The summed E-state index contributed by atoms with van der Waals surface area (Å²) in [6.45, 7) is 0. The second-order valence-electron chi connectivity index (χ2n) is 28.2. The molecule has 4 heteroatoms. The first-order valence-electron chi connectivity index (χ1n) is 37.1. The fraction of sp³-hybridized carbons (Fsp3) is 0.0291. The van der Waals surface area contributed by atoms with E-state index in [2.05, 4.69) is 456 Å². The fourth-order valence-electron chi connectivity index (χ4n) is 18.7. The Hall–Kier alpha value is -13.8. The van der Waals surface area contributed by atoms with E-state index in [4.69, 9.17) is 0 Å². The second-order valence-corrected chi connectivity index (χ2v) is 28.2. The third-order valence-electron chi connectivity index (χ3n) is 22.7. The van der Waals surface area contributed by atoms with Gasteiger partial charge in [0, 0.05) is 68.2 Å². The number of nitrogens with zero attached hydrogens (tertiary/aromatic N) is 4. The number of hydrogen-bond acceptors (Lipinski definition) is 4. The van der Waals surface area contributed by atoms with Gasteiger partial charge in [0.2, 0.25) is 0 Å². The highest BCUT2D eigenvalue weighted by Gasteiger charge is 2.67. The average molecular weight is 1370 g/mol. The molecule has 107 heavy (non-hydrogen) atoms. The zero-order valence-corrected chi connectivity index (χ0v) is 58.9. The van der Waals surface area contributed by atoms with Crippen molar-refractivity contribution >= 4 is 90.5 Å². The second kappa shape index (κ2) is 25.9. The monoisotopic (exact) mass is 1360 g/mol. The van der Waals surface area contributed by atoms with Crippen molar-refractivity contribution in [3.8, 4) is 0 Å². The lowest BCUT2D eigenvalue weighted by molar-refractivity contribution is 0.809. The van der Waals surface area contributed by atoms with Crippen molar-refractivity contribution < 1.29 is 0 Å². The van der Waals surface area contributed by atoms with E-state index in [0.717, 1.165) is 68.2 Å². The minimum atomic E-state index is -1.08. The minimum Gasteiger partial charge on any atom is -0.310 e. The maximum absolute atomic E-state index is 2.61. The molecule has 0 radical (unpaired) electrons. The van der Waals surface area contributed by atoms with Gasteiger partial charge in [-0.2, -0.15) is 0 Å². The van der Waals surface area contributed by atoms with E-state index in [1.54, 1.807) is 0 Å². The molecule has 4 aliphatic rings. The van der Waals surface area contributed by atoms with Gasteiger partial charge in [-0.15, -0.1) is 0 Å². The van der Waals surface area contributed by atoms with Gasteiger partial charge in [-0.25, -0.2) is 0 Å². The Balaban J connectivity index is 0.999. The van der Waals surface area contributed by atoms with Gasteiger partial charge in [0.25, 0.3) is 0 Å². The van der Waals surface area contributed by atoms with Gasteiger partial charge >= 0.3 is 0 Å². The summed E-state index contributed by atoms with van der Waals surface area (Å²) in [6, 6.07) is 163. The van der Waals surface area contributed by atoms with E-state index in [1.807, 2.05) is 0 Å². The predicted molar refractivity (Wildman–Crippen MR) is 444 cm³/mol. The lowest BCUT2D eigenvalue weighted by Crippen LogP contribution is -2.31. The van der Waals surface area contributed by atoms with E-state index in [1.165, 1.54) is 89.1 Å². The lowest BCUT2D eigenvalue weighted by atomic mass is 9.63. The summed E-state index contributed by atoms with van der Waals surface area (Å²) in [5.41, 5.74) is 29.3. The first-order chi connectivity index (χ1) is 53.1. The topological polar surface area (TPSA) is 13.0 Å². The van der Waals surface area contributed by atoms with Gasteiger partial charge < -0.3 is 19.6 Å². The molecule has 504 valence electrons. The van der Waals surface area contributed by atoms with Crippen LogP contribution in [0, 0.1) is 0 Å². The highest BCUT2D eigenvalue weighted by molar-refractivity contribution is 6.27. The van der Waals surface area contributed by atoms with Crippen molar-refractivity contribution in [2.75, 3.05) is 19.6 Å². The van der Waals surface area contributed by atoms with Crippen LogP contribution in [0.2, 0.25) is 0 Å². The molecule has 0 aliphatic heterocycles. The molecule has 0 N–H and O–H groups in total. The van der Waals surface area contributed by atoms with Crippen LogP contribution in [0.4, 0.5) is 68.2 Å². The summed E-state index contributed by atoms with van der Waals surface area (Å²) in [5.74, 6) is 0. The Labute approximate surface area is 625 Å². The summed E-state index contributed by atoms with van der Waals surface area (Å²) in [7, 11) is 0. The largest absolute Gasteiger partial charge is 0.310 e. The normalized spacial score (nSPS) is 14.1. The first kappa shape index (κ1) is 62.9. The van der Waals surface area contributed by atoms with Crippen molar-refractivity contribution in [3.05, 3.63) is 504 Å². The van der Waals surface area contributed by atoms with Gasteiger partial charge in [0.15, 0.2) is 0 Å². The van der Waals surface area contributed by atoms with Gasteiger partial charge in [0.05, 0.1) is 16.2 Å². The molecular weight excluding hydrogens is 1290 g/mol. The molecule has 20 rings (SSSR count). The molecule has 4 nitrogen and oxygen atoms in total. The Bertz CT molecular complexity index is 5410. The number of benzene rings is 16. The van der Waals surface area contributed by atoms with Gasteiger partial charge in [-0.3, -0.25) is 0 Å². The fourth-order valence-corrected chi connectivity index (χ4v) is 18.7. The molecule has 4 aliphatic carbocycles. The molecule has 0 bridgehead atoms. The van der Waals surface area contributed by atoms with Crippen molar-refractivity contribution in [2.24, 2.45) is 0 Å². The number of rotatable bonds is 16. The SMILES string of the molecule is c1ccc(N(c2ccccc2)c2ccc3c(c2)C2(C4=C3C(c3ccccc3)(c3ccccc3)c3cc(N(c5ccccc5)c5ccccc5)ccc34)C3=C(c4ccc(N(c5ccccc5)c5ccccc5)cc42)C(c2ccccc2)(c2ccccc2)c2cc(N(c4ccccc4)c4ccccc4)ccc23)cc1. The number of anilines is 12. The summed E-state index contributed by atoms with van der Waals surface area (Å²) in [4.78, 5) is 9.80. The zero-order valence-electron chi connectivity index (χ0n) is 58.9. The predicted octanol–water partition coefficient (Wildman–Crippen LogP) is 26.4. The highest BCUT2D eigenvalue weighted by Crippen LogP contribution is 2.78. The van der Waals surface area contributed by atoms with Crippen LogP contribution in [0.3, 0.4) is 0 Å². The smallest absolute Gasteiger partial charge is 0.0733 e. The van der Waals surface area contributed by atoms with Crippen LogP contribution in [0.5, 0.6) is 0 Å². The van der Waals surface area contributed by atoms with Crippen LogP contribution < -0.4 is 19.6 Å². The molecule has 0 saturated carbocycles. The highest BCUT2D eigenvalue weighted by atomic mass is 15.2. The van der Waals surface area contributed by atoms with Crippen LogP contribution in [0.1, 0.15) is 66.8 Å². The molecule has 0 unspecified atom stereocenters. The summed E-state index contributed by atoms with van der Waals surface area (Å²) < 4.78 is 0. The molecule has 0 amide bonds. The first-order valence-corrected chi connectivity index (χ1v) is 37.1. The third-order valence-corrected chi connectivity index (χ3v) is 22.7. The summed E-state index contributed by atoms with van der Waals surface area (Å²) in [6.07, 6.45) is 0. The lowest BCUT2D eigenvalue weighted by Gasteiger charge is -2.39. The Morgan fingerprint density at radius 3 is 0.458 bits per heavy atom. The summed E-state index contributed by atoms with van der Waals surface area (Å²) >= 11 is 0. The van der Waals surface area contributed by atoms with Gasteiger partial charge in [-0.05, 0) is 235 Å². The zero-order chi connectivity index (χ0) is 70.9. The van der Waals surface area contributed by atoms with Gasteiger partial charge in [0.1, 0.15) is 0 Å². The van der Waals surface area contributed by atoms with E-state index < -0.39 is 16.2 Å². The average Bonchev–Trinajstić information content (AvgIpc) is 1.46. The van der Waals surface area contributed by atoms with E-state index in [-0.39, 0.29) is 0 Å². The number of allylic oxidation sites excluding steroid dienone is 4. The van der Waals surface area contributed by atoms with Crippen LogP contribution in [0.25, 0.3) is 22.3 Å². The molecule has 0 aromatic heterocycles. The van der Waals surface area contributed by atoms with Crippen molar-refractivity contribution in [3.63, 3.8) is 0 Å². The molecule has 16 aromatic carbocycles. The quantitative estimate of drug-likeness (QED) is 0.0956. The Morgan fingerprint density at radius 1 is 0.131 bits per heavy atom. The number of para-hydroxylation sites is 8. The Kier molecular flexibility index (Phi) is 15.2. The Morgan fingerprint density at radius 2 is 0.280 bits per heavy atom. The molecule has 0 saturated heterocycles. The maximum Gasteiger partial charge on any atom is 0.0733 e. The molecular formula is C103H72N4. The van der Waals surface area contributed by atoms with E-state index >= 15 is 0 Å². The standard InChI is InChI=1S/C103H72N4/c1-13-37-73(38-14-1)101(74-39-15-2-16-40-74)93-69-85(104(77-45-21-5-22-46-77)78-47-23-6-24-48-78)61-65-89(93)99-97(101)91-67-63-87(106(81-53-29-9-30-54-81)82-55-31-10-32-56-82)71-95(91)103(99)96-72-88(107(83-57-33-11-34-58-83)84-59-35-12-36-60-84)64-68-92(96)98-100(103)90-66-62-86(105(79-49-25-7-26-50-79)80-51-27-8-28-52-80)70-94(90)102(98,75-41-17-3-18-42-75)76-43-19-4-20-44-76/h1-72H. The molecule has 0 atom stereocenters. The minimum absolute atomic E-state index is 0.922. The molecule has 0 heterocycles. The number of fused-ring (bicyclic) bond motifs is 12. The molecule has 16 aromatic rings.